The van der Waals surface area contributed by atoms with Gasteiger partial charge in [0.2, 0.25) is 5.95 Å². The highest BCUT2D eigenvalue weighted by Gasteiger charge is 2.26. The number of carbonyl (C=O) groups is 1. The van der Waals surface area contributed by atoms with Gasteiger partial charge < -0.3 is 10.0 Å². The van der Waals surface area contributed by atoms with E-state index in [4.69, 9.17) is 16.7 Å². The summed E-state index contributed by atoms with van der Waals surface area (Å²) in [6.45, 7) is 3.42. The molecule has 1 fully saturated rings. The Morgan fingerprint density at radius 3 is 2.81 bits per heavy atom. The molecule has 0 unspecified atom stereocenters. The van der Waals surface area contributed by atoms with Gasteiger partial charge in [0.05, 0.1) is 5.92 Å². The SMILES string of the molecule is CCc1cc2c(Cl)nc(N3CCC(C(=O)O)CC3)nc2s1. The van der Waals surface area contributed by atoms with Gasteiger partial charge in [-0.3, -0.25) is 4.79 Å². The number of rotatable bonds is 3. The molecule has 0 aliphatic carbocycles. The molecule has 7 heteroatoms. The fourth-order valence-electron chi connectivity index (χ4n) is 2.57. The van der Waals surface area contributed by atoms with Gasteiger partial charge in [-0.25, -0.2) is 9.97 Å². The number of fused-ring (bicyclic) bond motifs is 1. The van der Waals surface area contributed by atoms with E-state index in [1.165, 1.54) is 4.88 Å². The Balaban J connectivity index is 1.86. The van der Waals surface area contributed by atoms with E-state index in [-0.39, 0.29) is 5.92 Å². The molecule has 0 amide bonds. The van der Waals surface area contributed by atoms with Gasteiger partial charge in [0.15, 0.2) is 0 Å². The van der Waals surface area contributed by atoms with Crippen LogP contribution in [0.25, 0.3) is 10.2 Å². The first-order valence-electron chi connectivity index (χ1n) is 7.02. The zero-order valence-corrected chi connectivity index (χ0v) is 13.2. The van der Waals surface area contributed by atoms with Crippen molar-refractivity contribution in [2.45, 2.75) is 26.2 Å². The standard InChI is InChI=1S/C14H16ClN3O2S/c1-2-9-7-10-11(15)16-14(17-12(10)21-9)18-5-3-8(4-6-18)13(19)20/h7-8H,2-6H2,1H3,(H,19,20). The Morgan fingerprint density at radius 2 is 2.19 bits per heavy atom. The normalized spacial score (nSPS) is 16.6. The molecular formula is C14H16ClN3O2S. The maximum atomic E-state index is 11.0. The van der Waals surface area contributed by atoms with E-state index in [2.05, 4.69) is 16.9 Å². The van der Waals surface area contributed by atoms with Crippen LogP contribution in [0.2, 0.25) is 5.15 Å². The average molecular weight is 326 g/mol. The van der Waals surface area contributed by atoms with Crippen LogP contribution in [0.5, 0.6) is 0 Å². The van der Waals surface area contributed by atoms with Crippen LogP contribution in [0, 0.1) is 5.92 Å². The second-order valence-electron chi connectivity index (χ2n) is 5.20. The molecule has 1 N–H and O–H groups in total. The van der Waals surface area contributed by atoms with Crippen LogP contribution in [0.15, 0.2) is 6.07 Å². The van der Waals surface area contributed by atoms with Crippen molar-refractivity contribution in [2.75, 3.05) is 18.0 Å². The van der Waals surface area contributed by atoms with Gasteiger partial charge >= 0.3 is 5.97 Å². The van der Waals surface area contributed by atoms with Crippen molar-refractivity contribution in [1.29, 1.82) is 0 Å². The molecule has 112 valence electrons. The molecule has 0 aromatic carbocycles. The first-order chi connectivity index (χ1) is 10.1. The lowest BCUT2D eigenvalue weighted by Crippen LogP contribution is -2.37. The molecule has 1 saturated heterocycles. The monoisotopic (exact) mass is 325 g/mol. The summed E-state index contributed by atoms with van der Waals surface area (Å²) in [5.74, 6) is -0.357. The predicted molar refractivity (Wildman–Crippen MR) is 84.4 cm³/mol. The largest absolute Gasteiger partial charge is 0.481 e. The molecule has 1 aliphatic rings. The minimum Gasteiger partial charge on any atom is -0.481 e. The number of aliphatic carboxylic acids is 1. The van der Waals surface area contributed by atoms with Crippen LogP contribution >= 0.6 is 22.9 Å². The summed E-state index contributed by atoms with van der Waals surface area (Å²) in [6, 6.07) is 2.04. The fourth-order valence-corrected chi connectivity index (χ4v) is 3.81. The third-order valence-electron chi connectivity index (χ3n) is 3.86. The summed E-state index contributed by atoms with van der Waals surface area (Å²) in [5, 5.41) is 10.4. The van der Waals surface area contributed by atoms with Gasteiger partial charge in [0.1, 0.15) is 9.98 Å². The summed E-state index contributed by atoms with van der Waals surface area (Å²) in [6.07, 6.45) is 2.20. The summed E-state index contributed by atoms with van der Waals surface area (Å²) in [4.78, 5) is 24.1. The second kappa shape index (κ2) is 5.77. The van der Waals surface area contributed by atoms with Gasteiger partial charge in [0.25, 0.3) is 0 Å². The van der Waals surface area contributed by atoms with Crippen LogP contribution in [0.4, 0.5) is 5.95 Å². The fraction of sp³-hybridized carbons (Fsp3) is 0.500. The van der Waals surface area contributed by atoms with Crippen LogP contribution in [0.3, 0.4) is 0 Å². The lowest BCUT2D eigenvalue weighted by Gasteiger charge is -2.30. The van der Waals surface area contributed by atoms with Crippen molar-refractivity contribution in [2.24, 2.45) is 5.92 Å². The smallest absolute Gasteiger partial charge is 0.306 e. The third-order valence-corrected chi connectivity index (χ3v) is 5.32. The molecule has 3 heterocycles. The molecule has 0 spiro atoms. The number of hydrogen-bond acceptors (Lipinski definition) is 5. The number of aromatic nitrogens is 2. The highest BCUT2D eigenvalue weighted by Crippen LogP contribution is 2.31. The summed E-state index contributed by atoms with van der Waals surface area (Å²) in [7, 11) is 0. The lowest BCUT2D eigenvalue weighted by atomic mass is 9.97. The van der Waals surface area contributed by atoms with Crippen LogP contribution < -0.4 is 4.90 Å². The number of carboxylic acids is 1. The minimum absolute atomic E-state index is 0.256. The Bertz CT molecular complexity index is 680. The third kappa shape index (κ3) is 2.82. The minimum atomic E-state index is -0.713. The summed E-state index contributed by atoms with van der Waals surface area (Å²) < 4.78 is 0. The molecule has 0 bridgehead atoms. The van der Waals surface area contributed by atoms with E-state index in [9.17, 15) is 4.79 Å². The lowest BCUT2D eigenvalue weighted by molar-refractivity contribution is -0.142. The van der Waals surface area contributed by atoms with Gasteiger partial charge in [-0.2, -0.15) is 0 Å². The molecule has 0 atom stereocenters. The Labute approximate surface area is 131 Å². The van der Waals surface area contributed by atoms with E-state index >= 15 is 0 Å². The number of aryl methyl sites for hydroxylation is 1. The molecule has 2 aromatic rings. The molecule has 1 aliphatic heterocycles. The Hall–Kier alpha value is -1.40. The number of anilines is 1. The maximum Gasteiger partial charge on any atom is 0.306 e. The number of hydrogen-bond donors (Lipinski definition) is 1. The van der Waals surface area contributed by atoms with E-state index < -0.39 is 5.97 Å². The van der Waals surface area contributed by atoms with Gasteiger partial charge in [-0.15, -0.1) is 11.3 Å². The molecular weight excluding hydrogens is 310 g/mol. The van der Waals surface area contributed by atoms with Crippen LogP contribution in [-0.2, 0) is 11.2 Å². The van der Waals surface area contributed by atoms with Crippen molar-refractivity contribution in [3.05, 3.63) is 16.1 Å². The van der Waals surface area contributed by atoms with Crippen molar-refractivity contribution in [3.63, 3.8) is 0 Å². The van der Waals surface area contributed by atoms with E-state index in [1.807, 2.05) is 11.0 Å². The maximum absolute atomic E-state index is 11.0. The number of thiophene rings is 1. The van der Waals surface area contributed by atoms with Crippen LogP contribution in [-0.4, -0.2) is 34.1 Å². The molecule has 0 saturated carbocycles. The highest BCUT2D eigenvalue weighted by molar-refractivity contribution is 7.18. The van der Waals surface area contributed by atoms with Gasteiger partial charge in [0, 0.05) is 23.4 Å². The zero-order chi connectivity index (χ0) is 15.0. The van der Waals surface area contributed by atoms with Crippen molar-refractivity contribution < 1.29 is 9.90 Å². The van der Waals surface area contributed by atoms with E-state index in [0.29, 0.717) is 37.0 Å². The van der Waals surface area contributed by atoms with Crippen molar-refractivity contribution >= 4 is 45.1 Å². The molecule has 21 heavy (non-hydrogen) atoms. The quantitative estimate of drug-likeness (QED) is 0.878. The molecule has 5 nitrogen and oxygen atoms in total. The van der Waals surface area contributed by atoms with Crippen LogP contribution in [0.1, 0.15) is 24.6 Å². The molecule has 3 rings (SSSR count). The zero-order valence-electron chi connectivity index (χ0n) is 11.7. The Morgan fingerprint density at radius 1 is 1.48 bits per heavy atom. The van der Waals surface area contributed by atoms with Gasteiger partial charge in [-0.05, 0) is 25.3 Å². The van der Waals surface area contributed by atoms with E-state index in [0.717, 1.165) is 16.6 Å². The Kier molecular flexibility index (Phi) is 3.99. The predicted octanol–water partition coefficient (Wildman–Crippen LogP) is 3.21. The molecule has 0 radical (unpaired) electrons. The topological polar surface area (TPSA) is 66.3 Å². The average Bonchev–Trinajstić information content (AvgIpc) is 2.91. The number of nitrogens with zero attached hydrogens (tertiary/aromatic N) is 3. The second-order valence-corrected chi connectivity index (χ2v) is 6.67. The van der Waals surface area contributed by atoms with E-state index in [1.54, 1.807) is 11.3 Å². The van der Waals surface area contributed by atoms with Crippen molar-refractivity contribution in [3.8, 4) is 0 Å². The first kappa shape index (κ1) is 14.5. The van der Waals surface area contributed by atoms with Crippen molar-refractivity contribution in [1.82, 2.24) is 9.97 Å². The number of carboxylic acid groups (broad SMARTS) is 1. The van der Waals surface area contributed by atoms with Gasteiger partial charge in [-0.1, -0.05) is 18.5 Å². The first-order valence-corrected chi connectivity index (χ1v) is 8.21. The summed E-state index contributed by atoms with van der Waals surface area (Å²) >= 11 is 7.90. The number of halogens is 1. The highest BCUT2D eigenvalue weighted by atomic mass is 35.5. The summed E-state index contributed by atoms with van der Waals surface area (Å²) in [5.41, 5.74) is 0. The number of piperidine rings is 1. The molecule has 2 aromatic heterocycles.